The number of aromatic nitrogens is 2. The van der Waals surface area contributed by atoms with Crippen LogP contribution in [-0.2, 0) is 0 Å². The normalized spacial score (nSPS) is 11.0. The molecule has 5 heteroatoms. The predicted octanol–water partition coefficient (Wildman–Crippen LogP) is 3.68. The molecule has 1 N–H and O–H groups in total. The van der Waals surface area contributed by atoms with Crippen molar-refractivity contribution in [3.05, 3.63) is 60.0 Å². The number of ether oxygens (including phenoxy) is 1. The summed E-state index contributed by atoms with van der Waals surface area (Å²) in [4.78, 5) is 16.8. The van der Waals surface area contributed by atoms with E-state index in [1.165, 1.54) is 0 Å². The van der Waals surface area contributed by atoms with Gasteiger partial charge in [-0.25, -0.2) is 4.98 Å². The van der Waals surface area contributed by atoms with Gasteiger partial charge in [0, 0.05) is 12.4 Å². The fraction of sp³-hybridized carbons (Fsp3) is 0.222. The lowest BCUT2D eigenvalue weighted by Crippen LogP contribution is -2.14. The van der Waals surface area contributed by atoms with E-state index in [2.05, 4.69) is 10.3 Å². The first-order valence-corrected chi connectivity index (χ1v) is 7.55. The highest BCUT2D eigenvalue weighted by Crippen LogP contribution is 2.25. The van der Waals surface area contributed by atoms with Gasteiger partial charge in [0.15, 0.2) is 0 Å². The maximum Gasteiger partial charge on any atom is 0.275 e. The molecule has 2 heterocycles. The van der Waals surface area contributed by atoms with Crippen molar-refractivity contribution in [2.75, 3.05) is 5.32 Å². The highest BCUT2D eigenvalue weighted by atomic mass is 16.5. The smallest absolute Gasteiger partial charge is 0.275 e. The second-order valence-electron chi connectivity index (χ2n) is 5.71. The molecule has 3 rings (SSSR count). The SMILES string of the molecule is Cc1ccn2cc(C(=O)Nc3ccccc3OC(C)C)nc2c1. The number of hydrogen-bond acceptors (Lipinski definition) is 3. The van der Waals surface area contributed by atoms with E-state index >= 15 is 0 Å². The molecule has 0 atom stereocenters. The van der Waals surface area contributed by atoms with Crippen LogP contribution in [0.15, 0.2) is 48.8 Å². The van der Waals surface area contributed by atoms with Crippen LogP contribution in [0.4, 0.5) is 5.69 Å². The lowest BCUT2D eigenvalue weighted by Gasteiger charge is -2.14. The van der Waals surface area contributed by atoms with E-state index < -0.39 is 0 Å². The van der Waals surface area contributed by atoms with Gasteiger partial charge in [0.25, 0.3) is 5.91 Å². The topological polar surface area (TPSA) is 55.6 Å². The first-order chi connectivity index (χ1) is 11.0. The number of amides is 1. The van der Waals surface area contributed by atoms with E-state index in [0.29, 0.717) is 17.1 Å². The van der Waals surface area contributed by atoms with Crippen LogP contribution in [0.2, 0.25) is 0 Å². The molecule has 0 saturated carbocycles. The maximum absolute atomic E-state index is 12.5. The van der Waals surface area contributed by atoms with Gasteiger partial charge in [-0.1, -0.05) is 12.1 Å². The molecule has 0 fully saturated rings. The Kier molecular flexibility index (Phi) is 4.02. The van der Waals surface area contributed by atoms with Gasteiger partial charge < -0.3 is 14.5 Å². The highest BCUT2D eigenvalue weighted by molar-refractivity contribution is 6.04. The number of benzene rings is 1. The summed E-state index contributed by atoms with van der Waals surface area (Å²) in [6.45, 7) is 5.89. The van der Waals surface area contributed by atoms with Crippen LogP contribution in [0.3, 0.4) is 0 Å². The number of para-hydroxylation sites is 2. The van der Waals surface area contributed by atoms with Gasteiger partial charge in [0.2, 0.25) is 0 Å². The molecule has 0 unspecified atom stereocenters. The molecule has 1 amide bonds. The van der Waals surface area contributed by atoms with Crippen LogP contribution in [-0.4, -0.2) is 21.4 Å². The minimum atomic E-state index is -0.258. The number of carbonyl (C=O) groups excluding carboxylic acids is 1. The fourth-order valence-electron chi connectivity index (χ4n) is 2.31. The predicted molar refractivity (Wildman–Crippen MR) is 90.1 cm³/mol. The summed E-state index contributed by atoms with van der Waals surface area (Å²) < 4.78 is 7.55. The quantitative estimate of drug-likeness (QED) is 0.800. The summed E-state index contributed by atoms with van der Waals surface area (Å²) in [5.74, 6) is 0.390. The molecule has 1 aromatic carbocycles. The highest BCUT2D eigenvalue weighted by Gasteiger charge is 2.14. The third kappa shape index (κ3) is 3.34. The summed E-state index contributed by atoms with van der Waals surface area (Å²) in [5.41, 5.74) is 2.86. The zero-order valence-electron chi connectivity index (χ0n) is 13.4. The molecule has 3 aromatic rings. The van der Waals surface area contributed by atoms with Gasteiger partial charge in [-0.05, 0) is 50.6 Å². The van der Waals surface area contributed by atoms with Gasteiger partial charge in [-0.3, -0.25) is 4.79 Å². The Labute approximate surface area is 134 Å². The Morgan fingerprint density at radius 2 is 2.04 bits per heavy atom. The summed E-state index contributed by atoms with van der Waals surface area (Å²) >= 11 is 0. The third-order valence-corrected chi connectivity index (χ3v) is 3.35. The van der Waals surface area contributed by atoms with Crippen molar-refractivity contribution in [3.63, 3.8) is 0 Å². The summed E-state index contributed by atoms with van der Waals surface area (Å²) in [6.07, 6.45) is 3.64. The standard InChI is InChI=1S/C18H19N3O2/c1-12(2)23-16-7-5-4-6-14(16)20-18(22)15-11-21-9-8-13(3)10-17(21)19-15/h4-12H,1-3H3,(H,20,22). The molecule has 0 bridgehead atoms. The largest absolute Gasteiger partial charge is 0.489 e. The van der Waals surface area contributed by atoms with Crippen molar-refractivity contribution < 1.29 is 9.53 Å². The maximum atomic E-state index is 12.5. The molecule has 0 spiro atoms. The van der Waals surface area contributed by atoms with Crippen molar-refractivity contribution in [2.24, 2.45) is 0 Å². The number of rotatable bonds is 4. The monoisotopic (exact) mass is 309 g/mol. The van der Waals surface area contributed by atoms with Crippen LogP contribution in [0, 0.1) is 6.92 Å². The molecule has 0 aliphatic heterocycles. The second kappa shape index (κ2) is 6.12. The number of nitrogens with zero attached hydrogens (tertiary/aromatic N) is 2. The van der Waals surface area contributed by atoms with Crippen LogP contribution in [0.25, 0.3) is 5.65 Å². The van der Waals surface area contributed by atoms with Gasteiger partial charge in [0.1, 0.15) is 17.1 Å². The lowest BCUT2D eigenvalue weighted by molar-refractivity contribution is 0.102. The number of aryl methyl sites for hydroxylation is 1. The molecule has 0 aliphatic rings. The molecular weight excluding hydrogens is 290 g/mol. The van der Waals surface area contributed by atoms with E-state index in [4.69, 9.17) is 4.74 Å². The molecule has 5 nitrogen and oxygen atoms in total. The van der Waals surface area contributed by atoms with E-state index in [0.717, 1.165) is 11.2 Å². The number of nitrogens with one attached hydrogen (secondary N) is 1. The molecule has 2 aromatic heterocycles. The van der Waals surface area contributed by atoms with Crippen molar-refractivity contribution in [3.8, 4) is 5.75 Å². The van der Waals surface area contributed by atoms with Crippen LogP contribution in [0.1, 0.15) is 29.9 Å². The van der Waals surface area contributed by atoms with Gasteiger partial charge in [0.05, 0.1) is 11.8 Å². The number of carbonyl (C=O) groups is 1. The first-order valence-electron chi connectivity index (χ1n) is 7.55. The van der Waals surface area contributed by atoms with Crippen LogP contribution >= 0.6 is 0 Å². The Bertz CT molecular complexity index is 852. The average Bonchev–Trinajstić information content (AvgIpc) is 2.92. The lowest BCUT2D eigenvalue weighted by atomic mass is 10.2. The van der Waals surface area contributed by atoms with Crippen LogP contribution in [0.5, 0.6) is 5.75 Å². The zero-order valence-corrected chi connectivity index (χ0v) is 13.4. The zero-order chi connectivity index (χ0) is 16.4. The number of pyridine rings is 1. The Morgan fingerprint density at radius 1 is 1.26 bits per heavy atom. The third-order valence-electron chi connectivity index (χ3n) is 3.35. The summed E-state index contributed by atoms with van der Waals surface area (Å²) in [7, 11) is 0. The molecule has 0 aliphatic carbocycles. The Morgan fingerprint density at radius 3 is 2.83 bits per heavy atom. The van der Waals surface area contributed by atoms with E-state index in [9.17, 15) is 4.79 Å². The molecule has 23 heavy (non-hydrogen) atoms. The van der Waals surface area contributed by atoms with E-state index in [-0.39, 0.29) is 12.0 Å². The van der Waals surface area contributed by atoms with Crippen molar-refractivity contribution in [1.82, 2.24) is 9.38 Å². The van der Waals surface area contributed by atoms with Crippen molar-refractivity contribution in [2.45, 2.75) is 26.9 Å². The van der Waals surface area contributed by atoms with Gasteiger partial charge in [-0.2, -0.15) is 0 Å². The van der Waals surface area contributed by atoms with Gasteiger partial charge in [-0.15, -0.1) is 0 Å². The number of imidazole rings is 1. The Balaban J connectivity index is 1.86. The van der Waals surface area contributed by atoms with Crippen molar-refractivity contribution >= 4 is 17.2 Å². The molecule has 0 saturated heterocycles. The van der Waals surface area contributed by atoms with Crippen molar-refractivity contribution in [1.29, 1.82) is 0 Å². The van der Waals surface area contributed by atoms with E-state index in [1.54, 1.807) is 6.20 Å². The summed E-state index contributed by atoms with van der Waals surface area (Å²) in [5, 5.41) is 2.87. The first kappa shape index (κ1) is 15.1. The van der Waals surface area contributed by atoms with Crippen LogP contribution < -0.4 is 10.1 Å². The summed E-state index contributed by atoms with van der Waals surface area (Å²) in [6, 6.07) is 11.3. The molecule has 118 valence electrons. The molecule has 0 radical (unpaired) electrons. The van der Waals surface area contributed by atoms with E-state index in [1.807, 2.05) is 67.8 Å². The number of hydrogen-bond donors (Lipinski definition) is 1. The number of fused-ring (bicyclic) bond motifs is 1. The minimum absolute atomic E-state index is 0.0335. The second-order valence-corrected chi connectivity index (χ2v) is 5.71. The average molecular weight is 309 g/mol. The number of anilines is 1. The molecular formula is C18H19N3O2. The minimum Gasteiger partial charge on any atom is -0.489 e. The van der Waals surface area contributed by atoms with Gasteiger partial charge >= 0.3 is 0 Å². The Hall–Kier alpha value is -2.82. The fourth-order valence-corrected chi connectivity index (χ4v) is 2.31.